The molecule has 1 aliphatic rings. The van der Waals surface area contributed by atoms with Gasteiger partial charge in [-0.3, -0.25) is 14.5 Å². The van der Waals surface area contributed by atoms with Gasteiger partial charge in [-0.2, -0.15) is 0 Å². The molecule has 43 heavy (non-hydrogen) atoms. The van der Waals surface area contributed by atoms with E-state index in [2.05, 4.69) is 36.3 Å². The molecule has 4 unspecified atom stereocenters. The van der Waals surface area contributed by atoms with E-state index in [9.17, 15) is 14.7 Å². The molecule has 1 aliphatic heterocycles. The second-order valence-electron chi connectivity index (χ2n) is 12.1. The molecule has 1 saturated heterocycles. The number of morpholine rings is 1. The molecule has 2 amide bonds. The summed E-state index contributed by atoms with van der Waals surface area (Å²) in [7, 11) is 0. The Bertz CT molecular complexity index is 902. The molecule has 1 aromatic rings. The zero-order chi connectivity index (χ0) is 30.2. The third-order valence-corrected chi connectivity index (χ3v) is 8.11. The van der Waals surface area contributed by atoms with Crippen molar-refractivity contribution in [1.29, 1.82) is 0 Å². The Kier molecular flexibility index (Phi) is 22.0. The Morgan fingerprint density at radius 1 is 1.02 bits per heavy atom. The van der Waals surface area contributed by atoms with Crippen LogP contribution in [0.3, 0.4) is 0 Å². The smallest absolute Gasteiger partial charge is 0.255 e. The summed E-state index contributed by atoms with van der Waals surface area (Å²) in [6.07, 6.45) is 2.89. The number of hydrogen-bond acceptors (Lipinski definition) is 7. The summed E-state index contributed by atoms with van der Waals surface area (Å²) in [5, 5.41) is 17.0. The fourth-order valence-corrected chi connectivity index (χ4v) is 5.13. The highest BCUT2D eigenvalue weighted by Gasteiger charge is 2.29. The summed E-state index contributed by atoms with van der Waals surface area (Å²) in [4.78, 5) is 28.2. The number of carbonyl (C=O) groups excluding carboxylic acids is 2. The van der Waals surface area contributed by atoms with Gasteiger partial charge < -0.3 is 30.9 Å². The van der Waals surface area contributed by atoms with Crippen LogP contribution in [0.4, 0.5) is 0 Å². The molecule has 1 aromatic carbocycles. The van der Waals surface area contributed by atoms with Crippen molar-refractivity contribution in [2.75, 3.05) is 52.5 Å². The molecular weight excluding hydrogens is 591 g/mol. The molecule has 0 aliphatic carbocycles. The number of nitrogens with two attached hydrogens (primary N) is 1. The van der Waals surface area contributed by atoms with E-state index >= 15 is 0 Å². The third kappa shape index (κ3) is 15.3. The quantitative estimate of drug-likeness (QED) is 0.165. The van der Waals surface area contributed by atoms with Crippen LogP contribution in [0.15, 0.2) is 24.3 Å². The maximum absolute atomic E-state index is 13.2. The van der Waals surface area contributed by atoms with Crippen LogP contribution in [0.2, 0.25) is 0 Å². The number of amides is 2. The van der Waals surface area contributed by atoms with Crippen molar-refractivity contribution in [3.63, 3.8) is 0 Å². The number of ether oxygens (including phenoxy) is 2. The van der Waals surface area contributed by atoms with E-state index in [4.69, 9.17) is 15.2 Å². The van der Waals surface area contributed by atoms with Gasteiger partial charge in [-0.25, -0.2) is 0 Å². The minimum Gasteiger partial charge on any atom is -0.493 e. The molecule has 0 saturated carbocycles. The highest BCUT2D eigenvalue weighted by atomic mass is 35.5. The van der Waals surface area contributed by atoms with E-state index in [0.717, 1.165) is 52.1 Å². The number of nitrogens with zero attached hydrogens (tertiary/aromatic N) is 1. The Labute approximate surface area is 272 Å². The van der Waals surface area contributed by atoms with Gasteiger partial charge >= 0.3 is 0 Å². The topological polar surface area (TPSA) is 126 Å². The number of para-hydroxylation sites is 1. The molecule has 4 atom stereocenters. The number of aliphatic hydroxyl groups excluding tert-OH is 1. The van der Waals surface area contributed by atoms with E-state index in [1.165, 1.54) is 0 Å². The van der Waals surface area contributed by atoms with E-state index in [1.54, 1.807) is 6.07 Å². The lowest BCUT2D eigenvalue weighted by molar-refractivity contribution is -0.127. The van der Waals surface area contributed by atoms with Crippen LogP contribution in [0.5, 0.6) is 5.75 Å². The molecule has 250 valence electrons. The number of aliphatic hydroxyl groups is 1. The van der Waals surface area contributed by atoms with Crippen molar-refractivity contribution in [2.24, 2.45) is 29.4 Å². The van der Waals surface area contributed by atoms with Gasteiger partial charge in [-0.15, -0.1) is 24.8 Å². The first-order chi connectivity index (χ1) is 19.6. The minimum atomic E-state index is -0.803. The zero-order valence-corrected chi connectivity index (χ0v) is 28.5. The summed E-state index contributed by atoms with van der Waals surface area (Å²) < 4.78 is 11.4. The van der Waals surface area contributed by atoms with Crippen LogP contribution in [-0.4, -0.2) is 86.5 Å². The van der Waals surface area contributed by atoms with E-state index < -0.39 is 12.1 Å². The number of hydrogen-bond donors (Lipinski definition) is 4. The van der Waals surface area contributed by atoms with Crippen molar-refractivity contribution < 1.29 is 24.2 Å². The second-order valence-corrected chi connectivity index (χ2v) is 12.1. The van der Waals surface area contributed by atoms with Crippen LogP contribution in [0, 0.1) is 23.7 Å². The van der Waals surface area contributed by atoms with Crippen LogP contribution >= 0.6 is 24.8 Å². The lowest BCUT2D eigenvalue weighted by Gasteiger charge is -2.30. The van der Waals surface area contributed by atoms with Crippen LogP contribution in [0.25, 0.3) is 0 Å². The average Bonchev–Trinajstić information content (AvgIpc) is 2.96. The summed E-state index contributed by atoms with van der Waals surface area (Å²) in [6, 6.07) is 6.83. The molecule has 11 heteroatoms. The monoisotopic (exact) mass is 648 g/mol. The van der Waals surface area contributed by atoms with Crippen LogP contribution in [-0.2, 0) is 9.53 Å². The standard InChI is InChI=1S/C32H56N4O5.2ClH/c1-6-7-13-34-32(39)27(24(4)5)21-29(37)28(33)20-25(23(2)3)22-35-31(38)26-11-8-9-12-30(26)41-17-10-14-36-15-18-40-19-16-36;;/h8-9,11-12,23-25,27-29,37H,6-7,10,13-22,33H2,1-5H3,(H,34,39)(H,35,38);2*1H. The van der Waals surface area contributed by atoms with Crippen molar-refractivity contribution in [1.82, 2.24) is 15.5 Å². The first kappa shape index (κ1) is 41.4. The number of nitrogens with one attached hydrogen (secondary N) is 2. The lowest BCUT2D eigenvalue weighted by atomic mass is 9.83. The van der Waals surface area contributed by atoms with Gasteiger partial charge in [0.15, 0.2) is 0 Å². The van der Waals surface area contributed by atoms with Gasteiger partial charge in [0, 0.05) is 44.7 Å². The maximum atomic E-state index is 13.2. The predicted octanol–water partition coefficient (Wildman–Crippen LogP) is 4.29. The van der Waals surface area contributed by atoms with Gasteiger partial charge in [0.2, 0.25) is 5.91 Å². The van der Waals surface area contributed by atoms with Crippen molar-refractivity contribution >= 4 is 36.6 Å². The molecule has 1 fully saturated rings. The number of rotatable bonds is 19. The first-order valence-electron chi connectivity index (χ1n) is 15.6. The number of benzene rings is 1. The number of unbranched alkanes of at least 4 members (excludes halogenated alkanes) is 1. The summed E-state index contributed by atoms with van der Waals surface area (Å²) in [5.74, 6) is 0.499. The van der Waals surface area contributed by atoms with Gasteiger partial charge in [0.25, 0.3) is 5.91 Å². The molecule has 5 N–H and O–H groups in total. The molecule has 0 aromatic heterocycles. The predicted molar refractivity (Wildman–Crippen MR) is 178 cm³/mol. The van der Waals surface area contributed by atoms with Crippen molar-refractivity contribution in [3.05, 3.63) is 29.8 Å². The second kappa shape index (κ2) is 22.8. The summed E-state index contributed by atoms with van der Waals surface area (Å²) in [5.41, 5.74) is 6.98. The molecule has 0 spiro atoms. The number of carbonyl (C=O) groups is 2. The molecule has 0 radical (unpaired) electrons. The Morgan fingerprint density at radius 2 is 1.70 bits per heavy atom. The normalized spacial score (nSPS) is 16.4. The van der Waals surface area contributed by atoms with Gasteiger partial charge in [-0.05, 0) is 55.6 Å². The molecule has 1 heterocycles. The average molecular weight is 650 g/mol. The highest BCUT2D eigenvalue weighted by molar-refractivity contribution is 5.96. The Balaban J connectivity index is 0.00000882. The largest absolute Gasteiger partial charge is 0.493 e. The highest BCUT2D eigenvalue weighted by Crippen LogP contribution is 2.24. The van der Waals surface area contributed by atoms with Gasteiger partial charge in [0.05, 0.1) is 31.5 Å². The maximum Gasteiger partial charge on any atom is 0.255 e. The Morgan fingerprint density at radius 3 is 2.33 bits per heavy atom. The van der Waals surface area contributed by atoms with E-state index in [1.807, 2.05) is 32.0 Å². The lowest BCUT2D eigenvalue weighted by Crippen LogP contribution is -2.44. The Hall–Kier alpha value is -1.62. The third-order valence-electron chi connectivity index (χ3n) is 8.11. The van der Waals surface area contributed by atoms with E-state index in [0.29, 0.717) is 43.9 Å². The van der Waals surface area contributed by atoms with Crippen LogP contribution < -0.4 is 21.1 Å². The van der Waals surface area contributed by atoms with Crippen LogP contribution in [0.1, 0.15) is 77.1 Å². The van der Waals surface area contributed by atoms with Crippen molar-refractivity contribution in [2.45, 2.75) is 78.9 Å². The molecular formula is C32H58Cl2N4O5. The van der Waals surface area contributed by atoms with E-state index in [-0.39, 0.29) is 60.3 Å². The number of halogens is 2. The fourth-order valence-electron chi connectivity index (χ4n) is 5.13. The molecule has 9 nitrogen and oxygen atoms in total. The first-order valence-corrected chi connectivity index (χ1v) is 15.6. The summed E-state index contributed by atoms with van der Waals surface area (Å²) >= 11 is 0. The van der Waals surface area contributed by atoms with Gasteiger partial charge in [0.1, 0.15) is 5.75 Å². The molecule has 2 rings (SSSR count). The van der Waals surface area contributed by atoms with Crippen molar-refractivity contribution in [3.8, 4) is 5.75 Å². The fraction of sp³-hybridized carbons (Fsp3) is 0.750. The van der Waals surface area contributed by atoms with Gasteiger partial charge in [-0.1, -0.05) is 53.2 Å². The zero-order valence-electron chi connectivity index (χ0n) is 26.9. The minimum absolute atomic E-state index is 0. The molecule has 0 bridgehead atoms. The summed E-state index contributed by atoms with van der Waals surface area (Å²) in [6.45, 7) is 16.3. The SMILES string of the molecule is CCCCNC(=O)C(CC(O)C(N)CC(CNC(=O)c1ccccc1OCCCN1CCOCC1)C(C)C)C(C)C.Cl.Cl.